The smallest absolute Gasteiger partial charge is 0.144 e. The van der Waals surface area contributed by atoms with Crippen LogP contribution in [0.4, 0.5) is 0 Å². The molecule has 0 N–H and O–H groups in total. The van der Waals surface area contributed by atoms with Crippen LogP contribution in [0.15, 0.2) is 140 Å². The lowest BCUT2D eigenvalue weighted by molar-refractivity contribution is 0.468. The van der Waals surface area contributed by atoms with Crippen molar-refractivity contribution >= 4 is 33.8 Å². The first-order valence-electron chi connectivity index (χ1n) is 13.3. The van der Waals surface area contributed by atoms with E-state index >= 15 is 0 Å². The van der Waals surface area contributed by atoms with Crippen LogP contribution in [0, 0.1) is 0 Å². The Hall–Kier alpha value is -4.43. The Morgan fingerprint density at radius 1 is 0.425 bits per heavy atom. The van der Waals surface area contributed by atoms with Gasteiger partial charge < -0.3 is 9.47 Å². The van der Waals surface area contributed by atoms with Gasteiger partial charge in [-0.1, -0.05) is 121 Å². The number of fused-ring (bicyclic) bond motifs is 4. The van der Waals surface area contributed by atoms with Crippen LogP contribution >= 0.6 is 6.04 Å². The number of rotatable bonds is 3. The molecule has 0 aliphatic carbocycles. The van der Waals surface area contributed by atoms with Gasteiger partial charge in [0.2, 0.25) is 0 Å². The quantitative estimate of drug-likeness (QED) is 0.205. The average molecular weight is 551 g/mol. The first kappa shape index (κ1) is 23.5. The van der Waals surface area contributed by atoms with Gasteiger partial charge in [-0.3, -0.25) is 0 Å². The van der Waals surface area contributed by atoms with Crippen molar-refractivity contribution < 1.29 is 9.47 Å². The highest BCUT2D eigenvalue weighted by atomic mass is 32.4. The third-order valence-corrected chi connectivity index (χ3v) is 12.6. The van der Waals surface area contributed by atoms with E-state index in [9.17, 15) is 0 Å². The lowest BCUT2D eigenvalue weighted by Crippen LogP contribution is -2.35. The molecule has 0 spiro atoms. The summed E-state index contributed by atoms with van der Waals surface area (Å²) < 4.78 is 13.5. The van der Waals surface area contributed by atoms with Gasteiger partial charge in [-0.05, 0) is 58.1 Å². The van der Waals surface area contributed by atoms with Crippen LogP contribution in [0.5, 0.6) is 23.0 Å². The zero-order valence-electron chi connectivity index (χ0n) is 21.5. The normalized spacial score (nSPS) is 16.1. The molecule has 4 heteroatoms. The van der Waals surface area contributed by atoms with Crippen LogP contribution in [-0.2, 0) is 11.8 Å². The number of hydrogen-bond donors (Lipinski definition) is 0. The highest BCUT2D eigenvalue weighted by Crippen LogP contribution is 2.60. The monoisotopic (exact) mass is 550 g/mol. The van der Waals surface area contributed by atoms with Crippen LogP contribution in [0.2, 0.25) is 0 Å². The molecule has 0 saturated heterocycles. The maximum absolute atomic E-state index is 6.89. The summed E-state index contributed by atoms with van der Waals surface area (Å²) in [5, 5.41) is 3.14. The second kappa shape index (κ2) is 9.06. The maximum atomic E-state index is 6.89. The summed E-state index contributed by atoms with van der Waals surface area (Å²) in [5.74, 6) is 3.24. The van der Waals surface area contributed by atoms with Crippen molar-refractivity contribution in [1.29, 1.82) is 0 Å². The molecule has 1 atom stereocenters. The van der Waals surface area contributed by atoms with E-state index in [4.69, 9.17) is 21.3 Å². The van der Waals surface area contributed by atoms with Gasteiger partial charge in [0.25, 0.3) is 0 Å². The van der Waals surface area contributed by atoms with Crippen LogP contribution in [0.1, 0.15) is 0 Å². The minimum absolute atomic E-state index is 0.784. The summed E-state index contributed by atoms with van der Waals surface area (Å²) in [4.78, 5) is 0. The van der Waals surface area contributed by atoms with E-state index in [0.29, 0.717) is 0 Å². The molecule has 0 fully saturated rings. The van der Waals surface area contributed by atoms with Crippen LogP contribution in [-0.4, -0.2) is 0 Å². The summed E-state index contributed by atoms with van der Waals surface area (Å²) in [6.45, 7) is 0. The predicted molar refractivity (Wildman–Crippen MR) is 169 cm³/mol. The van der Waals surface area contributed by atoms with Crippen molar-refractivity contribution in [1.82, 2.24) is 0 Å². The highest BCUT2D eigenvalue weighted by molar-refractivity contribution is 8.26. The second-order valence-electron chi connectivity index (χ2n) is 10.1. The van der Waals surface area contributed by atoms with E-state index in [1.54, 1.807) is 0 Å². The number of para-hydroxylation sites is 1. The SMILES string of the molecule is S=P12c3cc(-c4ccccc4)ccc3Oc3cc(-c4ccccc4)cc(c31)Oc1c(-c3ccccc3)cccc12. The van der Waals surface area contributed by atoms with Crippen molar-refractivity contribution in [2.75, 3.05) is 0 Å². The molecular weight excluding hydrogens is 527 g/mol. The van der Waals surface area contributed by atoms with Gasteiger partial charge in [0.15, 0.2) is 0 Å². The molecule has 2 nitrogen and oxygen atoms in total. The van der Waals surface area contributed by atoms with Crippen molar-refractivity contribution in [3.05, 3.63) is 140 Å². The van der Waals surface area contributed by atoms with Gasteiger partial charge in [0, 0.05) is 16.2 Å². The Morgan fingerprint density at radius 3 is 1.70 bits per heavy atom. The minimum atomic E-state index is -2.54. The molecule has 190 valence electrons. The van der Waals surface area contributed by atoms with Crippen LogP contribution < -0.4 is 25.4 Å². The molecule has 0 radical (unpaired) electrons. The highest BCUT2D eigenvalue weighted by Gasteiger charge is 2.43. The zero-order chi connectivity index (χ0) is 26.7. The van der Waals surface area contributed by atoms with Gasteiger partial charge in [-0.25, -0.2) is 0 Å². The summed E-state index contributed by atoms with van der Waals surface area (Å²) >= 11 is 6.89. The lowest BCUT2D eigenvalue weighted by atomic mass is 10.0. The Kier molecular flexibility index (Phi) is 5.31. The van der Waals surface area contributed by atoms with Gasteiger partial charge in [-0.2, -0.15) is 0 Å². The molecule has 2 aliphatic rings. The van der Waals surface area contributed by atoms with E-state index < -0.39 is 6.04 Å². The third kappa shape index (κ3) is 3.52. The van der Waals surface area contributed by atoms with Crippen molar-refractivity contribution in [3.8, 4) is 56.4 Å². The van der Waals surface area contributed by atoms with Crippen LogP contribution in [0.3, 0.4) is 0 Å². The van der Waals surface area contributed by atoms with Gasteiger partial charge in [0.05, 0.1) is 11.3 Å². The molecular formula is C36H23O2PS. The maximum Gasteiger partial charge on any atom is 0.144 e. The van der Waals surface area contributed by atoms with Gasteiger partial charge in [0.1, 0.15) is 23.0 Å². The van der Waals surface area contributed by atoms with E-state index in [2.05, 4.69) is 121 Å². The Balaban J connectivity index is 1.43. The zero-order valence-corrected chi connectivity index (χ0v) is 23.2. The molecule has 2 aliphatic heterocycles. The molecule has 8 rings (SSSR count). The van der Waals surface area contributed by atoms with E-state index in [-0.39, 0.29) is 0 Å². The number of benzene rings is 6. The van der Waals surface area contributed by atoms with Crippen molar-refractivity contribution in [2.45, 2.75) is 0 Å². The Labute approximate surface area is 238 Å². The van der Waals surface area contributed by atoms with E-state index in [1.165, 1.54) is 0 Å². The molecule has 6 aromatic rings. The fourth-order valence-electron chi connectivity index (χ4n) is 5.83. The molecule has 1 unspecified atom stereocenters. The summed E-state index contributed by atoms with van der Waals surface area (Å²) in [6, 6.07) is 45.8. The molecule has 0 aromatic heterocycles. The number of hydrogen-bond acceptors (Lipinski definition) is 3. The molecule has 2 heterocycles. The fraction of sp³-hybridized carbons (Fsp3) is 0. The number of ether oxygens (including phenoxy) is 2. The fourth-order valence-corrected chi connectivity index (χ4v) is 10.3. The Bertz CT molecular complexity index is 1960. The first-order chi connectivity index (χ1) is 19.7. The second-order valence-corrected chi connectivity index (χ2v) is 14.3. The van der Waals surface area contributed by atoms with E-state index in [1.807, 2.05) is 18.2 Å². The topological polar surface area (TPSA) is 18.5 Å². The van der Waals surface area contributed by atoms with Gasteiger partial charge in [-0.15, -0.1) is 0 Å². The molecule has 0 bridgehead atoms. The summed E-state index contributed by atoms with van der Waals surface area (Å²) in [5.41, 5.74) is 6.59. The standard InChI is InChI=1S/C36H23O2PS/c40-39-33-18-10-17-29(26-15-8-3-9-16-26)35(33)38-32-22-28(25-13-6-2-7-14-25)21-31(36(32)39)37-30-20-19-27(23-34(30)39)24-11-4-1-5-12-24/h1-23H. The minimum Gasteiger partial charge on any atom is -0.456 e. The Morgan fingerprint density at radius 2 is 1.02 bits per heavy atom. The van der Waals surface area contributed by atoms with Crippen molar-refractivity contribution in [2.24, 2.45) is 0 Å². The lowest BCUT2D eigenvalue weighted by Gasteiger charge is -2.38. The molecule has 0 amide bonds. The molecule has 6 aromatic carbocycles. The largest absolute Gasteiger partial charge is 0.456 e. The van der Waals surface area contributed by atoms with Gasteiger partial charge >= 0.3 is 0 Å². The average Bonchev–Trinajstić information content (AvgIpc) is 3.02. The summed E-state index contributed by atoms with van der Waals surface area (Å²) in [6.07, 6.45) is 0. The third-order valence-electron chi connectivity index (χ3n) is 7.72. The first-order valence-corrected chi connectivity index (χ1v) is 16.1. The molecule has 40 heavy (non-hydrogen) atoms. The molecule has 0 saturated carbocycles. The predicted octanol–water partition coefficient (Wildman–Crippen LogP) is 8.65. The van der Waals surface area contributed by atoms with E-state index in [0.717, 1.165) is 72.3 Å². The van der Waals surface area contributed by atoms with Crippen LogP contribution in [0.25, 0.3) is 33.4 Å². The summed E-state index contributed by atoms with van der Waals surface area (Å²) in [7, 11) is 0. The van der Waals surface area contributed by atoms with Crippen molar-refractivity contribution in [3.63, 3.8) is 0 Å².